The lowest BCUT2D eigenvalue weighted by molar-refractivity contribution is -0.282. The molecule has 4 rings (SSSR count). The lowest BCUT2D eigenvalue weighted by atomic mass is 9.88. The Labute approximate surface area is 266 Å². The first-order valence-corrected chi connectivity index (χ1v) is 17.9. The van der Waals surface area contributed by atoms with Crippen molar-refractivity contribution in [2.24, 2.45) is 0 Å². The van der Waals surface area contributed by atoms with Crippen LogP contribution in [0, 0.1) is 11.6 Å². The molecule has 1 aliphatic heterocycles. The topological polar surface area (TPSA) is 57.6 Å². The average Bonchev–Trinajstić information content (AvgIpc) is 3.34. The van der Waals surface area contributed by atoms with E-state index in [2.05, 4.69) is 4.90 Å². The quantitative estimate of drug-likeness (QED) is 0.151. The Bertz CT molecular complexity index is 1470. The highest BCUT2D eigenvalue weighted by atomic mass is 32.2. The van der Waals surface area contributed by atoms with E-state index in [1.807, 2.05) is 6.07 Å². The van der Waals surface area contributed by atoms with Crippen LogP contribution in [0.4, 0.5) is 30.7 Å². The number of phenolic OH excluding ortho intramolecular Hbond substituents is 1. The second kappa shape index (κ2) is 15.5. The third-order valence-corrected chi connectivity index (χ3v) is 10.9. The number of hydrogen-bond acceptors (Lipinski definition) is 4. The summed E-state index contributed by atoms with van der Waals surface area (Å²) in [5, 5.41) is 10.1. The first-order valence-electron chi connectivity index (χ1n) is 16.1. The molecule has 0 radical (unpaired) electrons. The molecule has 2 aromatic carbocycles. The zero-order valence-electron chi connectivity index (χ0n) is 25.8. The van der Waals surface area contributed by atoms with Crippen molar-refractivity contribution >= 4 is 21.0 Å². The largest absolute Gasteiger partial charge is 0.508 e. The van der Waals surface area contributed by atoms with Gasteiger partial charge in [-0.05, 0) is 124 Å². The Kier molecular flexibility index (Phi) is 12.2. The standard InChI is InChI=1S/C34H42F7NO3S/c35-25-13-15-31(32(36)23-25)30-12-5-8-24-22-27(43)14-16-28(24)29(30)11-3-1-2-4-18-42-19-6-9-26(42)10-7-20-46(44,45)21-17-33(37,38)34(39,40)41/h13-16,22-23,26,43H,1-12,17-21H2. The Morgan fingerprint density at radius 1 is 0.848 bits per heavy atom. The number of unbranched alkanes of at least 4 members (excludes halogenated alkanes) is 3. The predicted octanol–water partition coefficient (Wildman–Crippen LogP) is 9.12. The van der Waals surface area contributed by atoms with E-state index < -0.39 is 51.5 Å². The van der Waals surface area contributed by atoms with Gasteiger partial charge in [-0.15, -0.1) is 0 Å². The summed E-state index contributed by atoms with van der Waals surface area (Å²) in [7, 11) is -4.02. The van der Waals surface area contributed by atoms with Crippen LogP contribution in [0.3, 0.4) is 0 Å². The number of aromatic hydroxyl groups is 1. The highest BCUT2D eigenvalue weighted by Gasteiger charge is 2.57. The molecule has 1 atom stereocenters. The number of nitrogens with zero attached hydrogens (tertiary/aromatic N) is 1. The van der Waals surface area contributed by atoms with Crippen molar-refractivity contribution in [2.45, 2.75) is 102 Å². The molecule has 1 N–H and O–H groups in total. The number of phenols is 1. The normalized spacial score (nSPS) is 18.2. The van der Waals surface area contributed by atoms with E-state index >= 15 is 0 Å². The van der Waals surface area contributed by atoms with Gasteiger partial charge in [-0.1, -0.05) is 18.9 Å². The smallest absolute Gasteiger partial charge is 0.453 e. The zero-order valence-corrected chi connectivity index (χ0v) is 26.6. The molecule has 46 heavy (non-hydrogen) atoms. The molecule has 1 aliphatic carbocycles. The van der Waals surface area contributed by atoms with Crippen LogP contribution in [0.5, 0.6) is 5.75 Å². The maximum Gasteiger partial charge on any atom is 0.453 e. The number of aryl methyl sites for hydroxylation is 1. The number of alkyl halides is 5. The second-order valence-corrected chi connectivity index (χ2v) is 14.8. The van der Waals surface area contributed by atoms with E-state index in [1.54, 1.807) is 12.1 Å². The molecular weight excluding hydrogens is 635 g/mol. The van der Waals surface area contributed by atoms with Crippen LogP contribution in [0.25, 0.3) is 11.1 Å². The monoisotopic (exact) mass is 677 g/mol. The van der Waals surface area contributed by atoms with E-state index in [0.29, 0.717) is 24.8 Å². The number of fused-ring (bicyclic) bond motifs is 1. The molecule has 0 bridgehead atoms. The number of allylic oxidation sites excluding steroid dienone is 2. The molecule has 1 unspecified atom stereocenters. The highest BCUT2D eigenvalue weighted by Crippen LogP contribution is 2.41. The Morgan fingerprint density at radius 3 is 2.33 bits per heavy atom. The van der Waals surface area contributed by atoms with E-state index in [-0.39, 0.29) is 18.2 Å². The van der Waals surface area contributed by atoms with Crippen molar-refractivity contribution in [2.75, 3.05) is 24.6 Å². The first-order chi connectivity index (χ1) is 21.7. The third kappa shape index (κ3) is 9.71. The molecule has 2 aliphatic rings. The number of likely N-dealkylation sites (tertiary alicyclic amines) is 1. The number of halogens is 7. The maximum atomic E-state index is 14.9. The number of sulfone groups is 1. The summed E-state index contributed by atoms with van der Waals surface area (Å²) in [4.78, 5) is 2.30. The molecule has 1 saturated heterocycles. The van der Waals surface area contributed by atoms with E-state index in [4.69, 9.17) is 0 Å². The van der Waals surface area contributed by atoms with Crippen molar-refractivity contribution in [1.29, 1.82) is 0 Å². The van der Waals surface area contributed by atoms with Crippen LogP contribution in [0.2, 0.25) is 0 Å². The fourth-order valence-electron chi connectivity index (χ4n) is 6.72. The van der Waals surface area contributed by atoms with Crippen molar-refractivity contribution in [3.05, 3.63) is 64.7 Å². The fourth-order valence-corrected chi connectivity index (χ4v) is 8.10. The van der Waals surface area contributed by atoms with Gasteiger partial charge in [0.2, 0.25) is 0 Å². The van der Waals surface area contributed by atoms with Gasteiger partial charge in [0.25, 0.3) is 0 Å². The molecule has 4 nitrogen and oxygen atoms in total. The lowest BCUT2D eigenvalue weighted by Gasteiger charge is -2.24. The fraction of sp³-hybridized carbons (Fsp3) is 0.588. The van der Waals surface area contributed by atoms with Gasteiger partial charge in [0, 0.05) is 24.1 Å². The minimum Gasteiger partial charge on any atom is -0.508 e. The maximum absolute atomic E-state index is 14.9. The predicted molar refractivity (Wildman–Crippen MR) is 165 cm³/mol. The van der Waals surface area contributed by atoms with Crippen LogP contribution >= 0.6 is 0 Å². The van der Waals surface area contributed by atoms with Gasteiger partial charge < -0.3 is 10.0 Å². The molecule has 0 amide bonds. The Morgan fingerprint density at radius 2 is 1.59 bits per heavy atom. The summed E-state index contributed by atoms with van der Waals surface area (Å²) in [5.74, 6) is -7.66. The summed E-state index contributed by atoms with van der Waals surface area (Å²) in [6, 6.07) is 9.11. The minimum atomic E-state index is -5.76. The SMILES string of the molecule is O=S(=O)(CCCC1CCCN1CCCCCCC1=C(c2ccc(F)cc2F)CCCc2cc(O)ccc21)CCC(F)(F)C(F)(F)F. The summed E-state index contributed by atoms with van der Waals surface area (Å²) < 4.78 is 116. The van der Waals surface area contributed by atoms with Gasteiger partial charge >= 0.3 is 12.1 Å². The van der Waals surface area contributed by atoms with Crippen molar-refractivity contribution in [3.8, 4) is 5.75 Å². The number of rotatable bonds is 15. The minimum absolute atomic E-state index is 0.157. The van der Waals surface area contributed by atoms with Crippen LogP contribution in [-0.4, -0.2) is 61.2 Å². The number of hydrogen-bond donors (Lipinski definition) is 1. The van der Waals surface area contributed by atoms with Gasteiger partial charge in [-0.2, -0.15) is 22.0 Å². The lowest BCUT2D eigenvalue weighted by Crippen LogP contribution is -2.38. The van der Waals surface area contributed by atoms with E-state index in [1.165, 1.54) is 12.1 Å². The zero-order chi connectivity index (χ0) is 33.5. The second-order valence-electron chi connectivity index (χ2n) is 12.5. The van der Waals surface area contributed by atoms with Crippen LogP contribution < -0.4 is 0 Å². The molecule has 256 valence electrons. The van der Waals surface area contributed by atoms with E-state index in [9.17, 15) is 44.3 Å². The molecule has 0 saturated carbocycles. The van der Waals surface area contributed by atoms with Crippen molar-refractivity contribution < 1.29 is 44.3 Å². The van der Waals surface area contributed by atoms with Gasteiger partial charge in [0.1, 0.15) is 17.4 Å². The van der Waals surface area contributed by atoms with Crippen LogP contribution in [0.15, 0.2) is 36.4 Å². The van der Waals surface area contributed by atoms with Gasteiger partial charge in [-0.3, -0.25) is 0 Å². The Balaban J connectivity index is 1.26. The third-order valence-electron chi connectivity index (χ3n) is 9.16. The summed E-state index contributed by atoms with van der Waals surface area (Å²) >= 11 is 0. The molecule has 0 aromatic heterocycles. The number of benzene rings is 2. The summed E-state index contributed by atoms with van der Waals surface area (Å²) in [5.41, 5.74) is 4.31. The summed E-state index contributed by atoms with van der Waals surface area (Å²) in [6.45, 7) is 1.70. The molecule has 1 heterocycles. The molecule has 1 fully saturated rings. The first kappa shape index (κ1) is 36.2. The Hall–Kier alpha value is -2.60. The highest BCUT2D eigenvalue weighted by molar-refractivity contribution is 7.91. The van der Waals surface area contributed by atoms with Gasteiger partial charge in [-0.25, -0.2) is 17.2 Å². The summed E-state index contributed by atoms with van der Waals surface area (Å²) in [6.07, 6.45) is 1.61. The van der Waals surface area contributed by atoms with Crippen LogP contribution in [-0.2, 0) is 16.3 Å². The molecule has 12 heteroatoms. The van der Waals surface area contributed by atoms with E-state index in [0.717, 1.165) is 92.8 Å². The molecule has 2 aromatic rings. The average molecular weight is 678 g/mol. The molecular formula is C34H42F7NO3S. The molecule has 0 spiro atoms. The van der Waals surface area contributed by atoms with Crippen molar-refractivity contribution in [1.82, 2.24) is 4.90 Å². The van der Waals surface area contributed by atoms with Gasteiger partial charge in [0.15, 0.2) is 9.84 Å². The van der Waals surface area contributed by atoms with Crippen LogP contribution in [0.1, 0.15) is 93.7 Å². The van der Waals surface area contributed by atoms with Gasteiger partial charge in [0.05, 0.1) is 11.5 Å². The van der Waals surface area contributed by atoms with Crippen molar-refractivity contribution in [3.63, 3.8) is 0 Å².